The number of carbonyl (C=O) groups is 1. The molecule has 0 saturated carbocycles. The van der Waals surface area contributed by atoms with E-state index in [9.17, 15) is 9.18 Å². The first kappa shape index (κ1) is 19.8. The van der Waals surface area contributed by atoms with E-state index in [1.54, 1.807) is 30.5 Å². The fourth-order valence-electron chi connectivity index (χ4n) is 2.73. The Labute approximate surface area is 168 Å². The van der Waals surface area contributed by atoms with Crippen LogP contribution in [0.25, 0.3) is 0 Å². The predicted octanol–water partition coefficient (Wildman–Crippen LogP) is 5.10. The Morgan fingerprint density at radius 2 is 1.96 bits per heavy atom. The number of hydrogen-bond donors (Lipinski definition) is 0. The molecular formula is C22H20ClFN2O2. The molecule has 0 atom stereocenters. The molecule has 3 aromatic rings. The molecule has 1 amide bonds. The number of hydrogen-bond acceptors (Lipinski definition) is 3. The second-order valence-electron chi connectivity index (χ2n) is 6.39. The van der Waals surface area contributed by atoms with Crippen LogP contribution < -0.4 is 9.64 Å². The van der Waals surface area contributed by atoms with Gasteiger partial charge in [-0.2, -0.15) is 0 Å². The lowest BCUT2D eigenvalue weighted by Crippen LogP contribution is -2.35. The zero-order valence-corrected chi connectivity index (χ0v) is 16.4. The number of aryl methyl sites for hydroxylation is 1. The topological polar surface area (TPSA) is 42.4 Å². The van der Waals surface area contributed by atoms with Gasteiger partial charge in [-0.15, -0.1) is 0 Å². The zero-order chi connectivity index (χ0) is 20.1. The van der Waals surface area contributed by atoms with Gasteiger partial charge in [0.2, 0.25) is 0 Å². The summed E-state index contributed by atoms with van der Waals surface area (Å²) in [5.41, 5.74) is 2.69. The number of carbonyl (C=O) groups excluding carboxylic acids is 1. The largest absolute Gasteiger partial charge is 0.483 e. The monoisotopic (exact) mass is 398 g/mol. The Bertz CT molecular complexity index is 980. The molecule has 6 heteroatoms. The van der Waals surface area contributed by atoms with Crippen LogP contribution in [0.5, 0.6) is 5.75 Å². The molecule has 0 radical (unpaired) electrons. The van der Waals surface area contributed by atoms with Crippen molar-refractivity contribution >= 4 is 23.3 Å². The average Bonchev–Trinajstić information content (AvgIpc) is 2.69. The molecule has 0 unspecified atom stereocenters. The van der Waals surface area contributed by atoms with Crippen LogP contribution in [0.15, 0.2) is 60.8 Å². The lowest BCUT2D eigenvalue weighted by molar-refractivity contribution is -0.120. The van der Waals surface area contributed by atoms with E-state index in [-0.39, 0.29) is 24.1 Å². The summed E-state index contributed by atoms with van der Waals surface area (Å²) < 4.78 is 19.1. The number of pyridine rings is 1. The number of halogens is 2. The highest BCUT2D eigenvalue weighted by Gasteiger charge is 2.20. The summed E-state index contributed by atoms with van der Waals surface area (Å²) in [4.78, 5) is 18.7. The summed E-state index contributed by atoms with van der Waals surface area (Å²) in [6.07, 6.45) is 1.60. The number of ether oxygens (including phenoxy) is 1. The minimum absolute atomic E-state index is 0.153. The van der Waals surface area contributed by atoms with Gasteiger partial charge in [0.05, 0.1) is 6.54 Å². The van der Waals surface area contributed by atoms with Gasteiger partial charge in [0.25, 0.3) is 5.91 Å². The van der Waals surface area contributed by atoms with Crippen molar-refractivity contribution in [2.24, 2.45) is 0 Å². The van der Waals surface area contributed by atoms with E-state index < -0.39 is 5.82 Å². The number of anilines is 1. The van der Waals surface area contributed by atoms with Crippen LogP contribution in [0, 0.1) is 19.7 Å². The van der Waals surface area contributed by atoms with Crippen molar-refractivity contribution in [3.8, 4) is 5.75 Å². The number of amides is 1. The van der Waals surface area contributed by atoms with Crippen LogP contribution in [0.4, 0.5) is 10.2 Å². The van der Waals surface area contributed by atoms with Gasteiger partial charge in [-0.1, -0.05) is 35.9 Å². The first-order valence-corrected chi connectivity index (χ1v) is 9.18. The van der Waals surface area contributed by atoms with E-state index in [0.717, 1.165) is 11.1 Å². The highest BCUT2D eigenvalue weighted by atomic mass is 35.5. The molecule has 0 bridgehead atoms. The van der Waals surface area contributed by atoms with Gasteiger partial charge in [-0.05, 0) is 60.9 Å². The van der Waals surface area contributed by atoms with Crippen LogP contribution in [-0.4, -0.2) is 17.5 Å². The molecule has 1 heterocycles. The van der Waals surface area contributed by atoms with Crippen LogP contribution in [0.2, 0.25) is 5.02 Å². The van der Waals surface area contributed by atoms with Crippen molar-refractivity contribution in [1.29, 1.82) is 0 Å². The minimum atomic E-state index is -0.428. The number of aromatic nitrogens is 1. The predicted molar refractivity (Wildman–Crippen MR) is 108 cm³/mol. The second kappa shape index (κ2) is 8.85. The van der Waals surface area contributed by atoms with Gasteiger partial charge < -0.3 is 4.74 Å². The molecule has 1 aromatic heterocycles. The number of rotatable bonds is 6. The molecule has 144 valence electrons. The summed E-state index contributed by atoms with van der Waals surface area (Å²) in [7, 11) is 0. The van der Waals surface area contributed by atoms with Crippen molar-refractivity contribution in [3.05, 3.63) is 88.3 Å². The highest BCUT2D eigenvalue weighted by molar-refractivity contribution is 6.31. The molecule has 0 aliphatic rings. The van der Waals surface area contributed by atoms with E-state index in [1.165, 1.54) is 17.0 Å². The van der Waals surface area contributed by atoms with Gasteiger partial charge >= 0.3 is 0 Å². The third-order valence-corrected chi connectivity index (χ3v) is 4.83. The molecule has 0 spiro atoms. The quantitative estimate of drug-likeness (QED) is 0.580. The van der Waals surface area contributed by atoms with Crippen LogP contribution in [-0.2, 0) is 11.3 Å². The summed E-state index contributed by atoms with van der Waals surface area (Å²) >= 11 is 6.15. The molecule has 0 aliphatic heterocycles. The van der Waals surface area contributed by atoms with Gasteiger partial charge in [0, 0.05) is 11.2 Å². The van der Waals surface area contributed by atoms with Gasteiger partial charge in [-0.3, -0.25) is 9.69 Å². The second-order valence-corrected chi connectivity index (χ2v) is 6.80. The summed E-state index contributed by atoms with van der Waals surface area (Å²) in [5.74, 6) is 0.425. The van der Waals surface area contributed by atoms with Gasteiger partial charge in [0.1, 0.15) is 17.4 Å². The SMILES string of the molecule is Cc1cccc(OCC(=O)N(Cc2ccc(F)cc2Cl)c2ccccn2)c1C. The van der Waals surface area contributed by atoms with Crippen molar-refractivity contribution in [2.45, 2.75) is 20.4 Å². The minimum Gasteiger partial charge on any atom is -0.483 e. The van der Waals surface area contributed by atoms with E-state index >= 15 is 0 Å². The van der Waals surface area contributed by atoms with Crippen molar-refractivity contribution < 1.29 is 13.9 Å². The molecule has 2 aromatic carbocycles. The van der Waals surface area contributed by atoms with Crippen LogP contribution in [0.3, 0.4) is 0 Å². The Kier molecular flexibility index (Phi) is 6.26. The lowest BCUT2D eigenvalue weighted by atomic mass is 10.1. The maximum absolute atomic E-state index is 13.3. The molecule has 0 N–H and O–H groups in total. The first-order valence-electron chi connectivity index (χ1n) is 8.80. The normalized spacial score (nSPS) is 10.6. The van der Waals surface area contributed by atoms with Crippen LogP contribution >= 0.6 is 11.6 Å². The highest BCUT2D eigenvalue weighted by Crippen LogP contribution is 2.23. The van der Waals surface area contributed by atoms with Crippen molar-refractivity contribution in [1.82, 2.24) is 4.98 Å². The standard InChI is InChI=1S/C22H20ClFN2O2/c1-15-6-5-7-20(16(15)2)28-14-22(27)26(21-8-3-4-11-25-21)13-17-9-10-18(24)12-19(17)23/h3-12H,13-14H2,1-2H3. The van der Waals surface area contributed by atoms with E-state index in [2.05, 4.69) is 4.98 Å². The van der Waals surface area contributed by atoms with Crippen molar-refractivity contribution in [3.63, 3.8) is 0 Å². The van der Waals surface area contributed by atoms with Crippen molar-refractivity contribution in [2.75, 3.05) is 11.5 Å². The summed E-state index contributed by atoms with van der Waals surface area (Å²) in [6.45, 7) is 3.94. The van der Waals surface area contributed by atoms with E-state index in [1.807, 2.05) is 32.0 Å². The van der Waals surface area contributed by atoms with E-state index in [4.69, 9.17) is 16.3 Å². The van der Waals surface area contributed by atoms with Gasteiger partial charge in [0.15, 0.2) is 6.61 Å². The number of nitrogens with zero attached hydrogens (tertiary/aromatic N) is 2. The molecule has 0 aliphatic carbocycles. The van der Waals surface area contributed by atoms with E-state index in [0.29, 0.717) is 17.1 Å². The maximum Gasteiger partial charge on any atom is 0.266 e. The lowest BCUT2D eigenvalue weighted by Gasteiger charge is -2.23. The molecule has 0 fully saturated rings. The average molecular weight is 399 g/mol. The third kappa shape index (κ3) is 4.67. The molecule has 4 nitrogen and oxygen atoms in total. The van der Waals surface area contributed by atoms with Crippen LogP contribution in [0.1, 0.15) is 16.7 Å². The summed E-state index contributed by atoms with van der Waals surface area (Å²) in [6, 6.07) is 15.1. The Balaban J connectivity index is 1.82. The third-order valence-electron chi connectivity index (χ3n) is 4.48. The Hall–Kier alpha value is -2.92. The molecular weight excluding hydrogens is 379 g/mol. The first-order chi connectivity index (χ1) is 13.5. The molecule has 3 rings (SSSR count). The summed E-state index contributed by atoms with van der Waals surface area (Å²) in [5, 5.41) is 0.254. The molecule has 0 saturated heterocycles. The van der Waals surface area contributed by atoms with Gasteiger partial charge in [-0.25, -0.2) is 9.37 Å². The number of benzene rings is 2. The fraction of sp³-hybridized carbons (Fsp3) is 0.182. The zero-order valence-electron chi connectivity index (χ0n) is 15.7. The smallest absolute Gasteiger partial charge is 0.266 e. The Morgan fingerprint density at radius 1 is 1.14 bits per heavy atom. The molecule has 28 heavy (non-hydrogen) atoms. The maximum atomic E-state index is 13.3. The Morgan fingerprint density at radius 3 is 2.68 bits per heavy atom. The fourth-order valence-corrected chi connectivity index (χ4v) is 2.96.